The van der Waals surface area contributed by atoms with Gasteiger partial charge >= 0.3 is 6.09 Å². The molecule has 2 amide bonds. The fourth-order valence-corrected chi connectivity index (χ4v) is 1.94. The molecule has 1 aromatic carbocycles. The molecule has 0 radical (unpaired) electrons. The van der Waals surface area contributed by atoms with Crippen molar-refractivity contribution in [3.8, 4) is 5.75 Å². The lowest BCUT2D eigenvalue weighted by Gasteiger charge is -2.31. The number of hydrogen-bond acceptors (Lipinski definition) is 4. The molecule has 1 aliphatic heterocycles. The van der Waals surface area contributed by atoms with Crippen molar-refractivity contribution in [3.05, 3.63) is 29.8 Å². The molecule has 20 heavy (non-hydrogen) atoms. The van der Waals surface area contributed by atoms with Crippen LogP contribution in [-0.2, 0) is 4.74 Å². The van der Waals surface area contributed by atoms with Gasteiger partial charge in [0.05, 0.1) is 19.3 Å². The van der Waals surface area contributed by atoms with Gasteiger partial charge in [0.15, 0.2) is 0 Å². The number of nitrogens with zero attached hydrogens (tertiary/aromatic N) is 1. The highest BCUT2D eigenvalue weighted by Gasteiger charge is 2.24. The molecule has 3 N–H and O–H groups in total. The maximum absolute atomic E-state index is 11.8. The molecule has 0 aromatic heterocycles. The van der Waals surface area contributed by atoms with Crippen molar-refractivity contribution in [2.24, 2.45) is 0 Å². The zero-order valence-electron chi connectivity index (χ0n) is 10.8. The van der Waals surface area contributed by atoms with Gasteiger partial charge in [0.25, 0.3) is 5.91 Å². The molecule has 0 aliphatic carbocycles. The number of carboxylic acid groups (broad SMARTS) is 1. The number of rotatable bonds is 3. The number of carbonyl (C=O) groups excluding carboxylic acids is 1. The van der Waals surface area contributed by atoms with Gasteiger partial charge in [-0.15, -0.1) is 0 Å². The van der Waals surface area contributed by atoms with Gasteiger partial charge in [0.2, 0.25) is 0 Å². The van der Waals surface area contributed by atoms with E-state index in [4.69, 9.17) is 14.9 Å². The topological polar surface area (TPSA) is 99.1 Å². The second-order valence-corrected chi connectivity index (χ2v) is 4.48. The van der Waals surface area contributed by atoms with Crippen molar-refractivity contribution in [3.63, 3.8) is 0 Å². The predicted octanol–water partition coefficient (Wildman–Crippen LogP) is 0.501. The van der Waals surface area contributed by atoms with Crippen LogP contribution in [0, 0.1) is 0 Å². The second-order valence-electron chi connectivity index (χ2n) is 4.48. The normalized spacial score (nSPS) is 18.6. The average molecular weight is 280 g/mol. The first-order valence-corrected chi connectivity index (χ1v) is 6.23. The summed E-state index contributed by atoms with van der Waals surface area (Å²) in [5.41, 5.74) is 0.425. The molecule has 0 saturated carbocycles. The van der Waals surface area contributed by atoms with E-state index in [1.165, 1.54) is 29.2 Å². The summed E-state index contributed by atoms with van der Waals surface area (Å²) >= 11 is 0. The summed E-state index contributed by atoms with van der Waals surface area (Å²) in [5, 5.41) is 20.7. The molecule has 108 valence electrons. The number of carbonyl (C=O) groups is 2. The summed E-state index contributed by atoms with van der Waals surface area (Å²) in [4.78, 5) is 24.0. The largest absolute Gasteiger partial charge is 0.508 e. The number of aromatic hydroxyl groups is 1. The SMILES string of the molecule is O=C(NCC1CN(C(=O)O)CCO1)c1ccc(O)cc1. The fraction of sp³-hybridized carbons (Fsp3) is 0.385. The molecule has 1 atom stereocenters. The van der Waals surface area contributed by atoms with E-state index in [9.17, 15) is 9.59 Å². The lowest BCUT2D eigenvalue weighted by atomic mass is 10.2. The van der Waals surface area contributed by atoms with Gasteiger partial charge in [0, 0.05) is 18.7 Å². The molecule has 1 fully saturated rings. The summed E-state index contributed by atoms with van der Waals surface area (Å²) in [7, 11) is 0. The summed E-state index contributed by atoms with van der Waals surface area (Å²) in [5.74, 6) is -0.199. The van der Waals surface area contributed by atoms with Gasteiger partial charge in [-0.1, -0.05) is 0 Å². The molecule has 7 nitrogen and oxygen atoms in total. The molecule has 1 aromatic rings. The van der Waals surface area contributed by atoms with E-state index >= 15 is 0 Å². The van der Waals surface area contributed by atoms with Crippen molar-refractivity contribution in [2.45, 2.75) is 6.10 Å². The molecular weight excluding hydrogens is 264 g/mol. The Morgan fingerprint density at radius 3 is 2.70 bits per heavy atom. The maximum atomic E-state index is 11.8. The van der Waals surface area contributed by atoms with Crippen molar-refractivity contribution < 1.29 is 24.5 Å². The van der Waals surface area contributed by atoms with Crippen molar-refractivity contribution in [1.29, 1.82) is 0 Å². The standard InChI is InChI=1S/C13H16N2O5/c16-10-3-1-9(2-4-10)12(17)14-7-11-8-15(13(18)19)5-6-20-11/h1-4,11,16H,5-8H2,(H,14,17)(H,18,19). The molecule has 0 bridgehead atoms. The molecule has 7 heteroatoms. The smallest absolute Gasteiger partial charge is 0.407 e. The Kier molecular flexibility index (Phi) is 4.41. The first-order valence-electron chi connectivity index (χ1n) is 6.23. The van der Waals surface area contributed by atoms with Crippen LogP contribution < -0.4 is 5.32 Å². The fourth-order valence-electron chi connectivity index (χ4n) is 1.94. The zero-order valence-corrected chi connectivity index (χ0v) is 10.8. The summed E-state index contributed by atoms with van der Waals surface area (Å²) in [6.07, 6.45) is -1.33. The minimum absolute atomic E-state index is 0.0919. The van der Waals surface area contributed by atoms with Gasteiger partial charge < -0.3 is 25.2 Å². The molecule has 1 saturated heterocycles. The third-order valence-corrected chi connectivity index (χ3v) is 3.03. The third kappa shape index (κ3) is 3.61. The predicted molar refractivity (Wildman–Crippen MR) is 69.8 cm³/mol. The first-order chi connectivity index (χ1) is 9.56. The van der Waals surface area contributed by atoms with Crippen LogP contribution in [0.1, 0.15) is 10.4 Å². The van der Waals surface area contributed by atoms with Gasteiger partial charge in [-0.2, -0.15) is 0 Å². The minimum atomic E-state index is -0.983. The Labute approximate surface area is 115 Å². The average Bonchev–Trinajstić information content (AvgIpc) is 2.46. The number of hydrogen-bond donors (Lipinski definition) is 3. The highest BCUT2D eigenvalue weighted by molar-refractivity contribution is 5.94. The molecule has 1 heterocycles. The van der Waals surface area contributed by atoms with Crippen LogP contribution in [0.3, 0.4) is 0 Å². The van der Waals surface area contributed by atoms with Crippen molar-refractivity contribution in [2.75, 3.05) is 26.2 Å². The van der Waals surface area contributed by atoms with Crippen molar-refractivity contribution >= 4 is 12.0 Å². The Morgan fingerprint density at radius 2 is 2.05 bits per heavy atom. The molecule has 2 rings (SSSR count). The Hall–Kier alpha value is -2.28. The van der Waals surface area contributed by atoms with Gasteiger partial charge in [-0.05, 0) is 24.3 Å². The number of amides is 2. The summed E-state index contributed by atoms with van der Waals surface area (Å²) in [6, 6.07) is 5.88. The van der Waals surface area contributed by atoms with Crippen LogP contribution in [0.2, 0.25) is 0 Å². The maximum Gasteiger partial charge on any atom is 0.407 e. The summed E-state index contributed by atoms with van der Waals surface area (Å²) in [6.45, 7) is 1.15. The highest BCUT2D eigenvalue weighted by Crippen LogP contribution is 2.10. The van der Waals surface area contributed by atoms with Crippen LogP contribution in [0.25, 0.3) is 0 Å². The minimum Gasteiger partial charge on any atom is -0.508 e. The van der Waals surface area contributed by atoms with Gasteiger partial charge in [-0.3, -0.25) is 4.79 Å². The van der Waals surface area contributed by atoms with Gasteiger partial charge in [-0.25, -0.2) is 4.79 Å². The van der Waals surface area contributed by atoms with Crippen molar-refractivity contribution in [1.82, 2.24) is 10.2 Å². The molecular formula is C13H16N2O5. The monoisotopic (exact) mass is 280 g/mol. The van der Waals surface area contributed by atoms with Crippen LogP contribution in [0.5, 0.6) is 5.75 Å². The molecule has 0 spiro atoms. The van der Waals surface area contributed by atoms with Crippen LogP contribution in [0.15, 0.2) is 24.3 Å². The second kappa shape index (κ2) is 6.25. The van der Waals surface area contributed by atoms with E-state index in [2.05, 4.69) is 5.32 Å². The van der Waals surface area contributed by atoms with Crippen LogP contribution in [-0.4, -0.2) is 59.5 Å². The van der Waals surface area contributed by atoms with E-state index in [0.717, 1.165) is 0 Å². The highest BCUT2D eigenvalue weighted by atomic mass is 16.5. The van der Waals surface area contributed by atoms with E-state index in [1.54, 1.807) is 0 Å². The zero-order chi connectivity index (χ0) is 14.5. The van der Waals surface area contributed by atoms with Crippen LogP contribution >= 0.6 is 0 Å². The Balaban J connectivity index is 1.84. The third-order valence-electron chi connectivity index (χ3n) is 3.03. The lowest BCUT2D eigenvalue weighted by Crippen LogP contribution is -2.49. The Bertz CT molecular complexity index is 488. The number of nitrogens with one attached hydrogen (secondary N) is 1. The number of morpholine rings is 1. The van der Waals surface area contributed by atoms with E-state index < -0.39 is 6.09 Å². The molecule has 1 aliphatic rings. The van der Waals surface area contributed by atoms with E-state index in [-0.39, 0.29) is 30.9 Å². The number of ether oxygens (including phenoxy) is 1. The van der Waals surface area contributed by atoms with E-state index in [1.807, 2.05) is 0 Å². The number of phenols is 1. The van der Waals surface area contributed by atoms with Gasteiger partial charge in [0.1, 0.15) is 5.75 Å². The van der Waals surface area contributed by atoms with Crippen LogP contribution in [0.4, 0.5) is 4.79 Å². The first kappa shape index (κ1) is 14.1. The number of phenolic OH excluding ortho intramolecular Hbond substituents is 1. The lowest BCUT2D eigenvalue weighted by molar-refractivity contribution is -0.0199. The molecule has 1 unspecified atom stereocenters. The summed E-state index contributed by atoms with van der Waals surface area (Å²) < 4.78 is 5.40. The quantitative estimate of drug-likeness (QED) is 0.749. The number of benzene rings is 1. The van der Waals surface area contributed by atoms with E-state index in [0.29, 0.717) is 18.7 Å². The Morgan fingerprint density at radius 1 is 1.35 bits per heavy atom.